The fourth-order valence-electron chi connectivity index (χ4n) is 3.73. The Labute approximate surface area is 201 Å². The van der Waals surface area contributed by atoms with Gasteiger partial charge in [0, 0.05) is 6.54 Å². The molecule has 0 spiro atoms. The summed E-state index contributed by atoms with van der Waals surface area (Å²) in [7, 11) is -2.58. The van der Waals surface area contributed by atoms with E-state index < -0.39 is 46.0 Å². The zero-order valence-electron chi connectivity index (χ0n) is 18.2. The summed E-state index contributed by atoms with van der Waals surface area (Å²) in [5.74, 6) is -2.91. The number of nitrogens with two attached hydrogens (primary N) is 1. The summed E-state index contributed by atoms with van der Waals surface area (Å²) in [5, 5.41) is 0. The molecule has 182 valence electrons. The predicted molar refractivity (Wildman–Crippen MR) is 122 cm³/mol. The van der Waals surface area contributed by atoms with E-state index in [1.165, 1.54) is 12.1 Å². The number of ether oxygens (including phenoxy) is 1. The van der Waals surface area contributed by atoms with Crippen LogP contribution in [0.1, 0.15) is 12.8 Å². The lowest BCUT2D eigenvalue weighted by Crippen LogP contribution is -2.53. The van der Waals surface area contributed by atoms with Crippen LogP contribution < -0.4 is 10.5 Å². The van der Waals surface area contributed by atoms with Crippen LogP contribution in [-0.2, 0) is 24.4 Å². The monoisotopic (exact) mass is 511 g/mol. The number of imide groups is 1. The smallest absolute Gasteiger partial charge is 0.279 e. The second-order valence-electron chi connectivity index (χ2n) is 7.56. The molecule has 1 fully saturated rings. The molecule has 0 saturated carbocycles. The minimum absolute atomic E-state index is 0.0114. The quantitative estimate of drug-likeness (QED) is 0.539. The Kier molecular flexibility index (Phi) is 7.90. The van der Waals surface area contributed by atoms with Crippen LogP contribution in [0.2, 0.25) is 0 Å². The van der Waals surface area contributed by atoms with Crippen LogP contribution in [0.15, 0.2) is 53.4 Å². The van der Waals surface area contributed by atoms with Crippen molar-refractivity contribution in [1.29, 1.82) is 0 Å². The number of hydrogen-bond donors (Lipinski definition) is 1. The lowest BCUT2D eigenvalue weighted by Gasteiger charge is -2.28. The first-order chi connectivity index (χ1) is 16.1. The Hall–Kier alpha value is -3.02. The molecule has 0 aliphatic carbocycles. The molecule has 1 heterocycles. The maximum Gasteiger partial charge on any atom is 0.279 e. The maximum absolute atomic E-state index is 13.4. The lowest BCUT2D eigenvalue weighted by atomic mass is 10.1. The molecule has 2 aromatic rings. The van der Waals surface area contributed by atoms with Gasteiger partial charge < -0.3 is 10.5 Å². The topological polar surface area (TPSA) is 127 Å². The second-order valence-corrected chi connectivity index (χ2v) is 9.83. The molecule has 9 nitrogen and oxygen atoms in total. The molecule has 0 bridgehead atoms. The van der Waals surface area contributed by atoms with Crippen molar-refractivity contribution in [3.05, 3.63) is 48.5 Å². The van der Waals surface area contributed by atoms with Gasteiger partial charge in [0.15, 0.2) is 0 Å². The van der Waals surface area contributed by atoms with Crippen molar-refractivity contribution in [2.75, 3.05) is 20.2 Å². The van der Waals surface area contributed by atoms with Crippen LogP contribution >= 0.6 is 11.6 Å². The van der Waals surface area contributed by atoms with E-state index in [2.05, 4.69) is 0 Å². The molecule has 0 unspecified atom stereocenters. The standard InChI is InChI=1S/C22H23ClFN3O6S/c1-33-16-8-4-14(5-9-16)15-6-10-17(11-7-15)34(31,32)27-12-2-3-18(27)21(29)26(13-19(25)28)22(30)20(23)24/h4-11,18,20H,2-3,12-13H2,1H3,(H2,25,28)/t18-,20+/m0/s1. The third kappa shape index (κ3) is 5.37. The average Bonchev–Trinajstić information content (AvgIpc) is 3.32. The summed E-state index contributed by atoms with van der Waals surface area (Å²) < 4.78 is 46.0. The van der Waals surface area contributed by atoms with Crippen LogP contribution in [0, 0.1) is 0 Å². The van der Waals surface area contributed by atoms with Gasteiger partial charge in [-0.3, -0.25) is 19.3 Å². The van der Waals surface area contributed by atoms with Crippen LogP contribution in [0.4, 0.5) is 4.39 Å². The molecule has 1 saturated heterocycles. The van der Waals surface area contributed by atoms with Crippen molar-refractivity contribution in [1.82, 2.24) is 9.21 Å². The lowest BCUT2D eigenvalue weighted by molar-refractivity contribution is -0.150. The van der Waals surface area contributed by atoms with Crippen molar-refractivity contribution in [3.8, 4) is 16.9 Å². The Balaban J connectivity index is 1.86. The highest BCUT2D eigenvalue weighted by Gasteiger charge is 2.43. The number of nitrogens with zero attached hydrogens (tertiary/aromatic N) is 2. The Bertz CT molecular complexity index is 1170. The maximum atomic E-state index is 13.4. The summed E-state index contributed by atoms with van der Waals surface area (Å²) >= 11 is 5.16. The third-order valence-corrected chi connectivity index (χ3v) is 7.51. The van der Waals surface area contributed by atoms with E-state index in [1.807, 2.05) is 12.1 Å². The van der Waals surface area contributed by atoms with Gasteiger partial charge in [0.25, 0.3) is 11.5 Å². The number of primary amides is 1. The Morgan fingerprint density at radius 2 is 1.71 bits per heavy atom. The molecule has 3 amide bonds. The van der Waals surface area contributed by atoms with Crippen molar-refractivity contribution in [2.24, 2.45) is 5.73 Å². The summed E-state index contributed by atoms with van der Waals surface area (Å²) in [6.45, 7) is -0.900. The van der Waals surface area contributed by atoms with Gasteiger partial charge in [-0.2, -0.15) is 4.31 Å². The van der Waals surface area contributed by atoms with Gasteiger partial charge in [0.2, 0.25) is 21.8 Å². The molecule has 2 atom stereocenters. The highest BCUT2D eigenvalue weighted by molar-refractivity contribution is 7.89. The van der Waals surface area contributed by atoms with E-state index in [0.717, 1.165) is 15.4 Å². The Morgan fingerprint density at radius 1 is 1.15 bits per heavy atom. The van der Waals surface area contributed by atoms with Gasteiger partial charge in [-0.15, -0.1) is 0 Å². The number of hydrogen-bond acceptors (Lipinski definition) is 6. The van der Waals surface area contributed by atoms with Crippen LogP contribution in [0.3, 0.4) is 0 Å². The number of sulfonamides is 1. The van der Waals surface area contributed by atoms with Crippen molar-refractivity contribution in [2.45, 2.75) is 29.4 Å². The zero-order chi connectivity index (χ0) is 25.0. The number of carbonyl (C=O) groups is 3. The fraction of sp³-hybridized carbons (Fsp3) is 0.318. The van der Waals surface area contributed by atoms with Crippen molar-refractivity contribution in [3.63, 3.8) is 0 Å². The molecule has 34 heavy (non-hydrogen) atoms. The molecule has 3 rings (SSSR count). The number of amides is 3. The summed E-state index contributed by atoms with van der Waals surface area (Å²) in [5.41, 5.74) is 4.10. The van der Waals surface area contributed by atoms with E-state index >= 15 is 0 Å². The molecular weight excluding hydrogens is 489 g/mol. The number of halogens is 2. The average molecular weight is 512 g/mol. The summed E-state index contributed by atoms with van der Waals surface area (Å²) in [6.07, 6.45) is 0.419. The van der Waals surface area contributed by atoms with E-state index in [9.17, 15) is 27.2 Å². The first-order valence-electron chi connectivity index (χ1n) is 10.2. The van der Waals surface area contributed by atoms with E-state index in [4.69, 9.17) is 22.1 Å². The van der Waals surface area contributed by atoms with E-state index in [1.54, 1.807) is 31.4 Å². The zero-order valence-corrected chi connectivity index (χ0v) is 19.8. The Morgan fingerprint density at radius 3 is 2.21 bits per heavy atom. The van der Waals surface area contributed by atoms with E-state index in [0.29, 0.717) is 12.2 Å². The van der Waals surface area contributed by atoms with Gasteiger partial charge in [-0.1, -0.05) is 35.9 Å². The molecule has 0 radical (unpaired) electrons. The number of benzene rings is 2. The number of alkyl halides is 2. The van der Waals surface area contributed by atoms with Crippen molar-refractivity contribution >= 4 is 39.3 Å². The highest BCUT2D eigenvalue weighted by Crippen LogP contribution is 2.30. The molecule has 12 heteroatoms. The normalized spacial score (nSPS) is 17.2. The SMILES string of the molecule is COc1ccc(-c2ccc(S(=O)(=O)N3CCC[C@H]3C(=O)N(CC(N)=O)C(=O)[C@@H](F)Cl)cc2)cc1. The number of carbonyl (C=O) groups excluding carboxylic acids is 3. The summed E-state index contributed by atoms with van der Waals surface area (Å²) in [6, 6.07) is 12.0. The first-order valence-corrected chi connectivity index (χ1v) is 12.1. The third-order valence-electron chi connectivity index (χ3n) is 5.41. The molecule has 2 aromatic carbocycles. The number of rotatable bonds is 8. The van der Waals surface area contributed by atoms with Gasteiger partial charge in [0.05, 0.1) is 12.0 Å². The van der Waals surface area contributed by atoms with Crippen LogP contribution in [-0.4, -0.2) is 67.2 Å². The van der Waals surface area contributed by atoms with Crippen LogP contribution in [0.25, 0.3) is 11.1 Å². The molecule has 0 aromatic heterocycles. The number of methoxy groups -OCH3 is 1. The van der Waals surface area contributed by atoms with Crippen molar-refractivity contribution < 1.29 is 31.9 Å². The molecule has 1 aliphatic rings. The predicted octanol–water partition coefficient (Wildman–Crippen LogP) is 1.89. The minimum Gasteiger partial charge on any atom is -0.497 e. The highest BCUT2D eigenvalue weighted by atomic mass is 35.5. The molecule has 2 N–H and O–H groups in total. The molecular formula is C22H23ClFN3O6S. The van der Waals surface area contributed by atoms with Gasteiger partial charge in [0.1, 0.15) is 18.3 Å². The van der Waals surface area contributed by atoms with Gasteiger partial charge >= 0.3 is 0 Å². The fourth-order valence-corrected chi connectivity index (χ4v) is 5.50. The van der Waals surface area contributed by atoms with Gasteiger partial charge in [-0.05, 0) is 48.2 Å². The first kappa shape index (κ1) is 25.6. The molecule has 1 aliphatic heterocycles. The minimum atomic E-state index is -4.14. The summed E-state index contributed by atoms with van der Waals surface area (Å²) in [4.78, 5) is 36.5. The van der Waals surface area contributed by atoms with E-state index in [-0.39, 0.29) is 22.8 Å². The van der Waals surface area contributed by atoms with Crippen LogP contribution in [0.5, 0.6) is 5.75 Å². The van der Waals surface area contributed by atoms with Gasteiger partial charge in [-0.25, -0.2) is 12.8 Å². The second kappa shape index (κ2) is 10.5. The largest absolute Gasteiger partial charge is 0.497 e.